The van der Waals surface area contributed by atoms with Crippen molar-refractivity contribution in [3.8, 4) is 6.07 Å². The van der Waals surface area contributed by atoms with Gasteiger partial charge in [0.15, 0.2) is 0 Å². The Kier molecular flexibility index (Phi) is 5.84. The number of amides is 1. The first-order chi connectivity index (χ1) is 6.51. The molecule has 0 aliphatic carbocycles. The van der Waals surface area contributed by atoms with E-state index in [-0.39, 0.29) is 17.7 Å². The Morgan fingerprint density at radius 2 is 2.14 bits per heavy atom. The average Bonchev–Trinajstić information content (AvgIpc) is 2.15. The number of hydrogen-bond acceptors (Lipinski definition) is 4. The van der Waals surface area contributed by atoms with Crippen LogP contribution in [0.4, 0.5) is 0 Å². The monoisotopic (exact) mass is 198 g/mol. The van der Waals surface area contributed by atoms with Gasteiger partial charge in [-0.2, -0.15) is 5.26 Å². The van der Waals surface area contributed by atoms with E-state index in [0.717, 1.165) is 0 Å². The van der Waals surface area contributed by atoms with Crippen molar-refractivity contribution in [1.82, 2.24) is 10.3 Å². The van der Waals surface area contributed by atoms with E-state index in [1.165, 1.54) is 0 Å². The van der Waals surface area contributed by atoms with Crippen molar-refractivity contribution in [2.24, 2.45) is 17.7 Å². The zero-order valence-electron chi connectivity index (χ0n) is 8.95. The summed E-state index contributed by atoms with van der Waals surface area (Å²) in [6.07, 6.45) is 0. The molecule has 0 aromatic heterocycles. The maximum absolute atomic E-state index is 11.1. The number of hydrogen-bond donors (Lipinski definition) is 2. The second kappa shape index (κ2) is 6.35. The summed E-state index contributed by atoms with van der Waals surface area (Å²) in [5.41, 5.74) is 2.11. The summed E-state index contributed by atoms with van der Waals surface area (Å²) in [5, 5.41) is 8.60. The molecular formula is C9H18N4O. The van der Waals surface area contributed by atoms with Crippen LogP contribution in [0.2, 0.25) is 0 Å². The van der Waals surface area contributed by atoms with E-state index < -0.39 is 0 Å². The number of rotatable bonds is 5. The van der Waals surface area contributed by atoms with E-state index >= 15 is 0 Å². The van der Waals surface area contributed by atoms with Crippen LogP contribution in [0.1, 0.15) is 13.8 Å². The van der Waals surface area contributed by atoms with Gasteiger partial charge in [0.25, 0.3) is 0 Å². The highest BCUT2D eigenvalue weighted by atomic mass is 16.2. The number of carbonyl (C=O) groups excluding carboxylic acids is 1. The fourth-order valence-corrected chi connectivity index (χ4v) is 1.28. The fraction of sp³-hybridized carbons (Fsp3) is 0.778. The minimum Gasteiger partial charge on any atom is -0.304 e. The zero-order chi connectivity index (χ0) is 11.1. The second-order valence-corrected chi connectivity index (χ2v) is 3.66. The quantitative estimate of drug-likeness (QED) is 0.361. The molecule has 0 aromatic rings. The Balaban J connectivity index is 3.89. The summed E-state index contributed by atoms with van der Waals surface area (Å²) in [6.45, 7) is 4.92. The summed E-state index contributed by atoms with van der Waals surface area (Å²) >= 11 is 0. The molecule has 0 saturated carbocycles. The van der Waals surface area contributed by atoms with Crippen molar-refractivity contribution >= 4 is 5.91 Å². The molecule has 80 valence electrons. The molecular weight excluding hydrogens is 180 g/mol. The standard InChI is InChI=1S/C9H18N4O/c1-7(4-10)5-13(3)6-8(2)9(14)12-11/h7-8H,5-6,11H2,1-3H3,(H,12,14). The van der Waals surface area contributed by atoms with Gasteiger partial charge in [0, 0.05) is 19.0 Å². The SMILES string of the molecule is CC(C#N)CN(C)CC(C)C(=O)NN. The van der Waals surface area contributed by atoms with Crippen LogP contribution in [0.5, 0.6) is 0 Å². The predicted molar refractivity (Wildman–Crippen MR) is 53.8 cm³/mol. The Hall–Kier alpha value is -1.12. The Morgan fingerprint density at radius 3 is 2.57 bits per heavy atom. The fourth-order valence-electron chi connectivity index (χ4n) is 1.28. The molecule has 0 bridgehead atoms. The highest BCUT2D eigenvalue weighted by Gasteiger charge is 2.14. The third kappa shape index (κ3) is 4.80. The first-order valence-corrected chi connectivity index (χ1v) is 4.59. The Bertz CT molecular complexity index is 223. The van der Waals surface area contributed by atoms with Crippen molar-refractivity contribution < 1.29 is 4.79 Å². The third-order valence-corrected chi connectivity index (χ3v) is 1.98. The Morgan fingerprint density at radius 1 is 1.57 bits per heavy atom. The molecule has 0 spiro atoms. The number of nitrogens with zero attached hydrogens (tertiary/aromatic N) is 2. The number of nitrogens with one attached hydrogen (secondary N) is 1. The zero-order valence-corrected chi connectivity index (χ0v) is 8.95. The van der Waals surface area contributed by atoms with Crippen LogP contribution in [-0.4, -0.2) is 30.9 Å². The lowest BCUT2D eigenvalue weighted by Crippen LogP contribution is -2.40. The normalized spacial score (nSPS) is 14.6. The highest BCUT2D eigenvalue weighted by Crippen LogP contribution is 2.01. The number of nitrogens with two attached hydrogens (primary N) is 1. The molecule has 0 radical (unpaired) electrons. The van der Waals surface area contributed by atoms with Crippen LogP contribution in [0.3, 0.4) is 0 Å². The number of hydrazine groups is 1. The van der Waals surface area contributed by atoms with E-state index in [4.69, 9.17) is 11.1 Å². The molecule has 0 rings (SSSR count). The third-order valence-electron chi connectivity index (χ3n) is 1.98. The molecule has 1 amide bonds. The molecule has 0 aliphatic heterocycles. The molecule has 0 saturated heterocycles. The van der Waals surface area contributed by atoms with Crippen LogP contribution >= 0.6 is 0 Å². The average molecular weight is 198 g/mol. The Labute approximate surface area is 84.8 Å². The van der Waals surface area contributed by atoms with Crippen molar-refractivity contribution in [3.05, 3.63) is 0 Å². The lowest BCUT2D eigenvalue weighted by atomic mass is 10.1. The van der Waals surface area contributed by atoms with Gasteiger partial charge in [-0.3, -0.25) is 10.2 Å². The van der Waals surface area contributed by atoms with Crippen LogP contribution in [0.25, 0.3) is 0 Å². The summed E-state index contributed by atoms with van der Waals surface area (Å²) in [6, 6.07) is 2.15. The minimum atomic E-state index is -0.179. The maximum Gasteiger partial charge on any atom is 0.237 e. The van der Waals surface area contributed by atoms with Gasteiger partial charge >= 0.3 is 0 Å². The lowest BCUT2D eigenvalue weighted by Gasteiger charge is -2.20. The molecule has 3 N–H and O–H groups in total. The number of nitriles is 1. The van der Waals surface area contributed by atoms with Gasteiger partial charge in [-0.15, -0.1) is 0 Å². The summed E-state index contributed by atoms with van der Waals surface area (Å²) in [5.74, 6) is 4.65. The van der Waals surface area contributed by atoms with Crippen molar-refractivity contribution in [2.45, 2.75) is 13.8 Å². The highest BCUT2D eigenvalue weighted by molar-refractivity contribution is 5.77. The first kappa shape index (κ1) is 12.9. The van der Waals surface area contributed by atoms with Gasteiger partial charge in [0.1, 0.15) is 0 Å². The van der Waals surface area contributed by atoms with Crippen LogP contribution < -0.4 is 11.3 Å². The molecule has 5 nitrogen and oxygen atoms in total. The second-order valence-electron chi connectivity index (χ2n) is 3.66. The molecule has 0 heterocycles. The molecule has 2 atom stereocenters. The molecule has 0 fully saturated rings. The minimum absolute atomic E-state index is 0.0202. The molecule has 14 heavy (non-hydrogen) atoms. The molecule has 0 aromatic carbocycles. The van der Waals surface area contributed by atoms with Crippen LogP contribution in [-0.2, 0) is 4.79 Å². The smallest absolute Gasteiger partial charge is 0.237 e. The topological polar surface area (TPSA) is 82.2 Å². The van der Waals surface area contributed by atoms with Gasteiger partial charge in [-0.25, -0.2) is 5.84 Å². The van der Waals surface area contributed by atoms with Crippen LogP contribution in [0.15, 0.2) is 0 Å². The first-order valence-electron chi connectivity index (χ1n) is 4.59. The van der Waals surface area contributed by atoms with E-state index in [0.29, 0.717) is 13.1 Å². The van der Waals surface area contributed by atoms with E-state index in [1.54, 1.807) is 6.92 Å². The molecule has 5 heteroatoms. The summed E-state index contributed by atoms with van der Waals surface area (Å²) in [7, 11) is 1.88. The largest absolute Gasteiger partial charge is 0.304 e. The predicted octanol–water partition coefficient (Wildman–Crippen LogP) is -0.296. The van der Waals surface area contributed by atoms with Crippen molar-refractivity contribution in [1.29, 1.82) is 5.26 Å². The lowest BCUT2D eigenvalue weighted by molar-refractivity contribution is -0.125. The van der Waals surface area contributed by atoms with Crippen molar-refractivity contribution in [3.63, 3.8) is 0 Å². The summed E-state index contributed by atoms with van der Waals surface area (Å²) in [4.78, 5) is 13.0. The van der Waals surface area contributed by atoms with Gasteiger partial charge in [-0.1, -0.05) is 6.92 Å². The van der Waals surface area contributed by atoms with Gasteiger partial charge in [-0.05, 0) is 14.0 Å². The van der Waals surface area contributed by atoms with E-state index in [9.17, 15) is 4.79 Å². The van der Waals surface area contributed by atoms with Gasteiger partial charge in [0.05, 0.1) is 12.0 Å². The van der Waals surface area contributed by atoms with E-state index in [2.05, 4.69) is 11.5 Å². The van der Waals surface area contributed by atoms with Crippen molar-refractivity contribution in [2.75, 3.05) is 20.1 Å². The molecule has 2 unspecified atom stereocenters. The van der Waals surface area contributed by atoms with Gasteiger partial charge < -0.3 is 4.90 Å². The van der Waals surface area contributed by atoms with Gasteiger partial charge in [0.2, 0.25) is 5.91 Å². The number of carbonyl (C=O) groups is 1. The maximum atomic E-state index is 11.1. The van der Waals surface area contributed by atoms with E-state index in [1.807, 2.05) is 18.9 Å². The molecule has 0 aliphatic rings. The summed E-state index contributed by atoms with van der Waals surface area (Å²) < 4.78 is 0. The van der Waals surface area contributed by atoms with Crippen LogP contribution in [0, 0.1) is 23.2 Å².